The van der Waals surface area contributed by atoms with Crippen LogP contribution in [0.4, 0.5) is 11.4 Å². The molecule has 0 saturated heterocycles. The number of unbranched alkanes of at least 4 members (excludes halogenated alkanes) is 7. The third kappa shape index (κ3) is 11.1. The Bertz CT molecular complexity index is 762. The average molecular weight is 441 g/mol. The van der Waals surface area contributed by atoms with E-state index in [9.17, 15) is 4.79 Å². The van der Waals surface area contributed by atoms with Crippen LogP contribution >= 0.6 is 0 Å². The Morgan fingerprint density at radius 1 is 0.719 bits per heavy atom. The second kappa shape index (κ2) is 16.0. The van der Waals surface area contributed by atoms with Crippen molar-refractivity contribution in [2.45, 2.75) is 71.6 Å². The number of hydrogen-bond donors (Lipinski definition) is 2. The molecular formula is C27H40N2O3. The van der Waals surface area contributed by atoms with E-state index in [2.05, 4.69) is 24.5 Å². The van der Waals surface area contributed by atoms with Gasteiger partial charge in [-0.3, -0.25) is 4.79 Å². The summed E-state index contributed by atoms with van der Waals surface area (Å²) in [5, 5.41) is 6.07. The van der Waals surface area contributed by atoms with Gasteiger partial charge in [0, 0.05) is 17.4 Å². The fourth-order valence-electron chi connectivity index (χ4n) is 3.33. The molecule has 2 aromatic carbocycles. The van der Waals surface area contributed by atoms with Gasteiger partial charge in [0.1, 0.15) is 11.5 Å². The van der Waals surface area contributed by atoms with Crippen LogP contribution in [0.25, 0.3) is 0 Å². The molecule has 1 amide bonds. The van der Waals surface area contributed by atoms with Gasteiger partial charge in [0.15, 0.2) is 0 Å². The summed E-state index contributed by atoms with van der Waals surface area (Å²) < 4.78 is 11.6. The lowest BCUT2D eigenvalue weighted by Crippen LogP contribution is -2.21. The lowest BCUT2D eigenvalue weighted by Gasteiger charge is -2.11. The van der Waals surface area contributed by atoms with Gasteiger partial charge in [0.25, 0.3) is 0 Å². The van der Waals surface area contributed by atoms with E-state index in [1.54, 1.807) is 0 Å². The highest BCUT2D eigenvalue weighted by Gasteiger charge is 2.04. The first-order chi connectivity index (χ1) is 15.7. The summed E-state index contributed by atoms with van der Waals surface area (Å²) in [6, 6.07) is 15.3. The normalized spacial score (nSPS) is 10.6. The Hall–Kier alpha value is -2.69. The fourth-order valence-corrected chi connectivity index (χ4v) is 3.33. The molecule has 32 heavy (non-hydrogen) atoms. The SMILES string of the molecule is CCCCCCCOc1cccc(NCC(=O)Nc2ccc(OCCCCCC)cc2)c1. The monoisotopic (exact) mass is 440 g/mol. The minimum atomic E-state index is -0.0968. The van der Waals surface area contributed by atoms with Crippen molar-refractivity contribution in [1.29, 1.82) is 0 Å². The molecule has 5 heteroatoms. The molecule has 0 radical (unpaired) electrons. The van der Waals surface area contributed by atoms with Crippen LogP contribution in [0, 0.1) is 0 Å². The number of carbonyl (C=O) groups excluding carboxylic acids is 1. The molecule has 176 valence electrons. The molecule has 0 fully saturated rings. The first kappa shape index (κ1) is 25.6. The highest BCUT2D eigenvalue weighted by Crippen LogP contribution is 2.19. The Labute approximate surface area is 193 Å². The van der Waals surface area contributed by atoms with Crippen molar-refractivity contribution in [2.24, 2.45) is 0 Å². The van der Waals surface area contributed by atoms with Crippen molar-refractivity contribution in [2.75, 3.05) is 30.4 Å². The number of rotatable bonds is 17. The molecule has 0 atom stereocenters. The van der Waals surface area contributed by atoms with Crippen LogP contribution in [0.3, 0.4) is 0 Å². The molecule has 0 aliphatic heterocycles. The van der Waals surface area contributed by atoms with Gasteiger partial charge in [-0.2, -0.15) is 0 Å². The van der Waals surface area contributed by atoms with Gasteiger partial charge in [-0.25, -0.2) is 0 Å². The summed E-state index contributed by atoms with van der Waals surface area (Å²) in [4.78, 5) is 12.3. The topological polar surface area (TPSA) is 59.6 Å². The fraction of sp³-hybridized carbons (Fsp3) is 0.519. The van der Waals surface area contributed by atoms with Gasteiger partial charge >= 0.3 is 0 Å². The smallest absolute Gasteiger partial charge is 0.243 e. The first-order valence-electron chi connectivity index (χ1n) is 12.2. The second-order valence-electron chi connectivity index (χ2n) is 8.13. The summed E-state index contributed by atoms with van der Waals surface area (Å²) in [6.07, 6.45) is 10.8. The van der Waals surface area contributed by atoms with Crippen molar-refractivity contribution in [1.82, 2.24) is 0 Å². The minimum absolute atomic E-state index is 0.0968. The molecule has 0 aromatic heterocycles. The molecular weight excluding hydrogens is 400 g/mol. The number of nitrogens with one attached hydrogen (secondary N) is 2. The zero-order chi connectivity index (χ0) is 22.9. The zero-order valence-electron chi connectivity index (χ0n) is 19.8. The molecule has 0 aliphatic rings. The third-order valence-corrected chi connectivity index (χ3v) is 5.21. The zero-order valence-corrected chi connectivity index (χ0v) is 19.8. The van der Waals surface area contributed by atoms with Gasteiger partial charge in [-0.1, -0.05) is 64.9 Å². The Morgan fingerprint density at radius 3 is 2.03 bits per heavy atom. The largest absolute Gasteiger partial charge is 0.494 e. The summed E-state index contributed by atoms with van der Waals surface area (Å²) >= 11 is 0. The Kier molecular flexibility index (Phi) is 12.8. The Balaban J connectivity index is 1.67. The predicted molar refractivity (Wildman–Crippen MR) is 134 cm³/mol. The van der Waals surface area contributed by atoms with E-state index in [1.165, 1.54) is 44.9 Å². The van der Waals surface area contributed by atoms with Gasteiger partial charge in [0.2, 0.25) is 5.91 Å². The van der Waals surface area contributed by atoms with E-state index in [1.807, 2.05) is 48.5 Å². The second-order valence-corrected chi connectivity index (χ2v) is 8.13. The lowest BCUT2D eigenvalue weighted by molar-refractivity contribution is -0.114. The van der Waals surface area contributed by atoms with E-state index in [0.29, 0.717) is 0 Å². The van der Waals surface area contributed by atoms with Crippen molar-refractivity contribution in [3.05, 3.63) is 48.5 Å². The van der Waals surface area contributed by atoms with Crippen molar-refractivity contribution < 1.29 is 14.3 Å². The molecule has 2 aromatic rings. The molecule has 0 heterocycles. The van der Waals surface area contributed by atoms with E-state index < -0.39 is 0 Å². The number of anilines is 2. The van der Waals surface area contributed by atoms with Crippen LogP contribution in [-0.2, 0) is 4.79 Å². The highest BCUT2D eigenvalue weighted by molar-refractivity contribution is 5.93. The number of carbonyl (C=O) groups is 1. The van der Waals surface area contributed by atoms with Gasteiger partial charge in [0.05, 0.1) is 19.8 Å². The average Bonchev–Trinajstić information content (AvgIpc) is 2.81. The summed E-state index contributed by atoms with van der Waals surface area (Å²) in [5.74, 6) is 1.57. The Morgan fingerprint density at radius 2 is 1.34 bits per heavy atom. The number of amides is 1. The summed E-state index contributed by atoms with van der Waals surface area (Å²) in [7, 11) is 0. The van der Waals surface area contributed by atoms with Crippen LogP contribution in [0.1, 0.15) is 71.6 Å². The van der Waals surface area contributed by atoms with E-state index in [4.69, 9.17) is 9.47 Å². The minimum Gasteiger partial charge on any atom is -0.494 e. The standard InChI is InChI=1S/C27H40N2O3/c1-3-5-7-9-11-20-32-26-14-12-13-24(21-26)28-22-27(30)29-23-15-17-25(18-16-23)31-19-10-8-6-4-2/h12-18,21,28H,3-11,19-20,22H2,1-2H3,(H,29,30). The van der Waals surface area contributed by atoms with Crippen LogP contribution in [0.2, 0.25) is 0 Å². The maximum atomic E-state index is 12.3. The van der Waals surface area contributed by atoms with Crippen molar-refractivity contribution in [3.8, 4) is 11.5 Å². The van der Waals surface area contributed by atoms with E-state index >= 15 is 0 Å². The molecule has 0 bridgehead atoms. The maximum Gasteiger partial charge on any atom is 0.243 e. The summed E-state index contributed by atoms with van der Waals surface area (Å²) in [6.45, 7) is 6.07. The van der Waals surface area contributed by atoms with Gasteiger partial charge in [-0.15, -0.1) is 0 Å². The predicted octanol–water partition coefficient (Wildman–Crippen LogP) is 7.05. The van der Waals surface area contributed by atoms with Crippen LogP contribution in [0.5, 0.6) is 11.5 Å². The van der Waals surface area contributed by atoms with Crippen molar-refractivity contribution in [3.63, 3.8) is 0 Å². The van der Waals surface area contributed by atoms with Gasteiger partial charge < -0.3 is 20.1 Å². The molecule has 2 rings (SSSR count). The third-order valence-electron chi connectivity index (χ3n) is 5.21. The molecule has 0 unspecified atom stereocenters. The lowest BCUT2D eigenvalue weighted by atomic mass is 10.2. The number of benzene rings is 2. The van der Waals surface area contributed by atoms with Crippen LogP contribution in [0.15, 0.2) is 48.5 Å². The first-order valence-corrected chi connectivity index (χ1v) is 12.2. The van der Waals surface area contributed by atoms with Crippen LogP contribution in [-0.4, -0.2) is 25.7 Å². The van der Waals surface area contributed by atoms with Crippen LogP contribution < -0.4 is 20.1 Å². The summed E-state index contributed by atoms with van der Waals surface area (Å²) in [5.41, 5.74) is 1.63. The van der Waals surface area contributed by atoms with Gasteiger partial charge in [-0.05, 0) is 49.2 Å². The molecule has 0 aliphatic carbocycles. The highest BCUT2D eigenvalue weighted by atomic mass is 16.5. The molecule has 5 nitrogen and oxygen atoms in total. The molecule has 0 saturated carbocycles. The maximum absolute atomic E-state index is 12.3. The molecule has 0 spiro atoms. The van der Waals surface area contributed by atoms with E-state index in [-0.39, 0.29) is 12.5 Å². The number of hydrogen-bond acceptors (Lipinski definition) is 4. The quantitative estimate of drug-likeness (QED) is 0.259. The number of ether oxygens (including phenoxy) is 2. The molecule has 2 N–H and O–H groups in total. The van der Waals surface area contributed by atoms with E-state index in [0.717, 1.165) is 48.9 Å². The van der Waals surface area contributed by atoms with Crippen molar-refractivity contribution >= 4 is 17.3 Å².